The quantitative estimate of drug-likeness (QED) is 0.368. The first-order chi connectivity index (χ1) is 17.4. The van der Waals surface area contributed by atoms with E-state index in [0.29, 0.717) is 23.1 Å². The molecule has 4 rings (SSSR count). The Morgan fingerprint density at radius 1 is 0.944 bits per heavy atom. The maximum atomic E-state index is 13.3. The lowest BCUT2D eigenvalue weighted by molar-refractivity contribution is 0.174. The van der Waals surface area contributed by atoms with Gasteiger partial charge in [0.2, 0.25) is 6.79 Å². The minimum absolute atomic E-state index is 0.143. The Morgan fingerprint density at radius 3 is 2.50 bits per heavy atom. The Balaban J connectivity index is 1.42. The molecule has 2 N–H and O–H groups in total. The van der Waals surface area contributed by atoms with E-state index in [-0.39, 0.29) is 11.7 Å². The van der Waals surface area contributed by atoms with Gasteiger partial charge in [-0.05, 0) is 74.9 Å². The van der Waals surface area contributed by atoms with Gasteiger partial charge in [-0.25, -0.2) is 8.42 Å². The number of sulfonamides is 1. The van der Waals surface area contributed by atoms with Crippen LogP contribution >= 0.6 is 0 Å². The van der Waals surface area contributed by atoms with Crippen molar-refractivity contribution in [2.24, 2.45) is 0 Å². The van der Waals surface area contributed by atoms with Crippen molar-refractivity contribution in [2.45, 2.75) is 50.3 Å². The Hall–Kier alpha value is -3.03. The summed E-state index contributed by atoms with van der Waals surface area (Å²) in [7, 11) is -1.80. The van der Waals surface area contributed by atoms with Crippen molar-refractivity contribution in [3.63, 3.8) is 0 Å². The first kappa shape index (κ1) is 26.0. The second-order valence-corrected chi connectivity index (χ2v) is 11.0. The molecule has 7 heteroatoms. The van der Waals surface area contributed by atoms with Gasteiger partial charge < -0.3 is 14.8 Å². The summed E-state index contributed by atoms with van der Waals surface area (Å²) in [6.45, 7) is 4.69. The van der Waals surface area contributed by atoms with Gasteiger partial charge in [-0.15, -0.1) is 0 Å². The lowest BCUT2D eigenvalue weighted by Crippen LogP contribution is -2.18. The predicted octanol–water partition coefficient (Wildman–Crippen LogP) is 5.95. The molecule has 1 unspecified atom stereocenters. The van der Waals surface area contributed by atoms with Crippen molar-refractivity contribution in [3.8, 4) is 11.5 Å². The van der Waals surface area contributed by atoms with Crippen molar-refractivity contribution in [3.05, 3.63) is 89.4 Å². The van der Waals surface area contributed by atoms with E-state index in [0.717, 1.165) is 48.9 Å². The highest BCUT2D eigenvalue weighted by atomic mass is 32.2. The van der Waals surface area contributed by atoms with Gasteiger partial charge in [0.15, 0.2) is 11.5 Å². The summed E-state index contributed by atoms with van der Waals surface area (Å²) in [6, 6.07) is 9.16. The predicted molar refractivity (Wildman–Crippen MR) is 145 cm³/mol. The monoisotopic (exact) mass is 507 g/mol. The number of nitrogens with one attached hydrogen (secondary N) is 2. The number of ether oxygens (including phenoxy) is 2. The van der Waals surface area contributed by atoms with Gasteiger partial charge in [0.1, 0.15) is 0 Å². The molecule has 0 saturated heterocycles. The second kappa shape index (κ2) is 11.8. The van der Waals surface area contributed by atoms with E-state index in [1.165, 1.54) is 5.57 Å². The Labute approximate surface area is 215 Å². The standard InChI is InChI=1S/C29H35N2O4S/c1-21-17-27-28(35-20-34-27)18-26(21)31-36(32,33)29-15-14-24(16-22(29)2)25(19-30-3)13-9-8-12-23-10-6-4-5-7-11-23/h4-7,10-11,14-18,25,30-31H,8-9,12-13,19-20H2,1-3H3. The molecule has 0 spiro atoms. The maximum Gasteiger partial charge on any atom is 0.262 e. The molecule has 1 aliphatic carbocycles. The molecule has 6 nitrogen and oxygen atoms in total. The van der Waals surface area contributed by atoms with Crippen LogP contribution in [0.5, 0.6) is 11.5 Å². The van der Waals surface area contributed by atoms with E-state index >= 15 is 0 Å². The van der Waals surface area contributed by atoms with Crippen molar-refractivity contribution < 1.29 is 17.9 Å². The van der Waals surface area contributed by atoms with E-state index in [1.54, 1.807) is 18.2 Å². The van der Waals surface area contributed by atoms with E-state index in [4.69, 9.17) is 9.47 Å². The van der Waals surface area contributed by atoms with Crippen LogP contribution in [0.3, 0.4) is 0 Å². The molecule has 1 radical (unpaired) electrons. The molecule has 191 valence electrons. The van der Waals surface area contributed by atoms with Crippen molar-refractivity contribution >= 4 is 15.7 Å². The van der Waals surface area contributed by atoms with Crippen molar-refractivity contribution in [1.29, 1.82) is 0 Å². The SMILES string of the molecule is CNCC(CCCCC1=CC=CC=C[CH]1)c1ccc(S(=O)(=O)Nc2cc3c(cc2C)OCO3)c(C)c1. The van der Waals surface area contributed by atoms with E-state index in [9.17, 15) is 8.42 Å². The molecule has 1 atom stereocenters. The number of aryl methyl sites for hydroxylation is 2. The molecule has 2 aromatic carbocycles. The molecule has 2 aromatic rings. The van der Waals surface area contributed by atoms with Crippen LogP contribution in [0.2, 0.25) is 0 Å². The highest BCUT2D eigenvalue weighted by molar-refractivity contribution is 7.92. The Bertz CT molecular complexity index is 1280. The van der Waals surface area contributed by atoms with Crippen LogP contribution in [0.1, 0.15) is 48.3 Å². The lowest BCUT2D eigenvalue weighted by Gasteiger charge is -2.19. The van der Waals surface area contributed by atoms with E-state index in [2.05, 4.69) is 34.7 Å². The van der Waals surface area contributed by atoms with Gasteiger partial charge in [0.25, 0.3) is 10.0 Å². The number of hydrogen-bond donors (Lipinski definition) is 2. The van der Waals surface area contributed by atoms with Gasteiger partial charge in [-0.2, -0.15) is 0 Å². The van der Waals surface area contributed by atoms with Gasteiger partial charge in [-0.3, -0.25) is 4.72 Å². The fourth-order valence-corrected chi connectivity index (χ4v) is 5.99. The zero-order chi connectivity index (χ0) is 25.5. The molecule has 0 bridgehead atoms. The van der Waals surface area contributed by atoms with Crippen molar-refractivity contribution in [1.82, 2.24) is 5.32 Å². The molecule has 1 heterocycles. The van der Waals surface area contributed by atoms with Gasteiger partial charge in [-0.1, -0.05) is 54.5 Å². The number of fused-ring (bicyclic) bond motifs is 1. The molecule has 0 fully saturated rings. The van der Waals surface area contributed by atoms with Crippen LogP contribution in [0.4, 0.5) is 5.69 Å². The molecular formula is C29H35N2O4S. The molecule has 0 saturated carbocycles. The second-order valence-electron chi connectivity index (χ2n) is 9.33. The summed E-state index contributed by atoms with van der Waals surface area (Å²) >= 11 is 0. The zero-order valence-corrected chi connectivity index (χ0v) is 22.0. The van der Waals surface area contributed by atoms with Crippen LogP contribution < -0.4 is 19.5 Å². The minimum atomic E-state index is -3.76. The van der Waals surface area contributed by atoms with Crippen LogP contribution in [-0.4, -0.2) is 28.8 Å². The lowest BCUT2D eigenvalue weighted by atomic mass is 9.91. The van der Waals surface area contributed by atoms with Crippen LogP contribution in [0.25, 0.3) is 0 Å². The number of allylic oxidation sites excluding steroid dienone is 6. The van der Waals surface area contributed by atoms with E-state index in [1.807, 2.05) is 45.2 Å². The summed E-state index contributed by atoms with van der Waals surface area (Å²) in [5.74, 6) is 1.49. The van der Waals surface area contributed by atoms with Gasteiger partial charge in [0.05, 0.1) is 10.6 Å². The fourth-order valence-electron chi connectivity index (χ4n) is 4.64. The smallest absolute Gasteiger partial charge is 0.262 e. The third-order valence-electron chi connectivity index (χ3n) is 6.60. The van der Waals surface area contributed by atoms with Crippen molar-refractivity contribution in [2.75, 3.05) is 25.1 Å². The van der Waals surface area contributed by atoms with Crippen LogP contribution in [0, 0.1) is 20.3 Å². The number of likely N-dealkylation sites (N-methyl/N-ethyl adjacent to an activating group) is 1. The first-order valence-electron chi connectivity index (χ1n) is 12.4. The molecule has 0 aromatic heterocycles. The largest absolute Gasteiger partial charge is 0.454 e. The Morgan fingerprint density at radius 2 is 1.72 bits per heavy atom. The average molecular weight is 508 g/mol. The number of unbranched alkanes of at least 4 members (excludes halogenated alkanes) is 1. The summed E-state index contributed by atoms with van der Waals surface area (Å²) in [4.78, 5) is 0.281. The molecule has 36 heavy (non-hydrogen) atoms. The zero-order valence-electron chi connectivity index (χ0n) is 21.2. The van der Waals surface area contributed by atoms with E-state index < -0.39 is 10.0 Å². The van der Waals surface area contributed by atoms with Gasteiger partial charge in [0, 0.05) is 19.0 Å². The number of rotatable bonds is 11. The van der Waals surface area contributed by atoms with Gasteiger partial charge >= 0.3 is 0 Å². The summed E-state index contributed by atoms with van der Waals surface area (Å²) < 4.78 is 40.0. The average Bonchev–Trinajstić information content (AvgIpc) is 3.12. The maximum absolute atomic E-state index is 13.3. The number of benzene rings is 2. The fraction of sp³-hybridized carbons (Fsp3) is 0.345. The summed E-state index contributed by atoms with van der Waals surface area (Å²) in [6.07, 6.45) is 16.9. The normalized spacial score (nSPS) is 15.5. The van der Waals surface area contributed by atoms with Crippen LogP contribution in [0.15, 0.2) is 71.2 Å². The third kappa shape index (κ3) is 6.39. The number of anilines is 1. The highest BCUT2D eigenvalue weighted by Gasteiger charge is 2.22. The minimum Gasteiger partial charge on any atom is -0.454 e. The third-order valence-corrected chi connectivity index (χ3v) is 8.12. The molecule has 1 aliphatic heterocycles. The topological polar surface area (TPSA) is 76.7 Å². The highest BCUT2D eigenvalue weighted by Crippen LogP contribution is 2.37. The van der Waals surface area contributed by atoms with Crippen LogP contribution in [-0.2, 0) is 10.0 Å². The Kier molecular flexibility index (Phi) is 8.54. The number of hydrogen-bond acceptors (Lipinski definition) is 5. The first-order valence-corrected chi connectivity index (χ1v) is 13.9. The molecule has 2 aliphatic rings. The summed E-state index contributed by atoms with van der Waals surface area (Å²) in [5, 5.41) is 3.30. The molecule has 0 amide bonds. The summed E-state index contributed by atoms with van der Waals surface area (Å²) in [5.41, 5.74) is 4.50. The molecular weight excluding hydrogens is 472 g/mol.